The van der Waals surface area contributed by atoms with Gasteiger partial charge in [0.15, 0.2) is 0 Å². The molecular weight excluding hydrogens is 235 g/mol. The summed E-state index contributed by atoms with van der Waals surface area (Å²) in [6, 6.07) is 6.81. The third-order valence-corrected chi connectivity index (χ3v) is 3.50. The van der Waals surface area contributed by atoms with Gasteiger partial charge in [0.05, 0.1) is 10.7 Å². The van der Waals surface area contributed by atoms with Gasteiger partial charge in [-0.3, -0.25) is 0 Å². The number of thiazole rings is 1. The van der Waals surface area contributed by atoms with Crippen molar-refractivity contribution < 1.29 is 4.39 Å². The van der Waals surface area contributed by atoms with Crippen LogP contribution in [0.4, 0.5) is 4.39 Å². The van der Waals surface area contributed by atoms with Gasteiger partial charge in [-0.2, -0.15) is 0 Å². The Morgan fingerprint density at radius 1 is 1.47 bits per heavy atom. The van der Waals surface area contributed by atoms with E-state index in [-0.39, 0.29) is 11.9 Å². The van der Waals surface area contributed by atoms with Gasteiger partial charge in [-0.25, -0.2) is 9.37 Å². The van der Waals surface area contributed by atoms with Crippen LogP contribution >= 0.6 is 11.3 Å². The zero-order chi connectivity index (χ0) is 12.3. The summed E-state index contributed by atoms with van der Waals surface area (Å²) < 4.78 is 13.2. The van der Waals surface area contributed by atoms with Crippen molar-refractivity contribution in [3.05, 3.63) is 51.7 Å². The predicted octanol–water partition coefficient (Wildman–Crippen LogP) is 3.09. The molecule has 0 amide bonds. The Hall–Kier alpha value is -1.26. The highest BCUT2D eigenvalue weighted by molar-refractivity contribution is 7.09. The van der Waals surface area contributed by atoms with E-state index < -0.39 is 0 Å². The molecule has 0 bridgehead atoms. The topological polar surface area (TPSA) is 24.9 Å². The van der Waals surface area contributed by atoms with Crippen molar-refractivity contribution in [3.8, 4) is 0 Å². The molecule has 0 fully saturated rings. The second kappa shape index (κ2) is 5.38. The average Bonchev–Trinajstić information content (AvgIpc) is 2.72. The molecule has 1 atom stereocenters. The Morgan fingerprint density at radius 3 is 2.88 bits per heavy atom. The summed E-state index contributed by atoms with van der Waals surface area (Å²) in [6.45, 7) is 1.99. The van der Waals surface area contributed by atoms with E-state index in [4.69, 9.17) is 0 Å². The summed E-state index contributed by atoms with van der Waals surface area (Å²) in [5, 5.41) is 6.32. The molecule has 2 rings (SSSR count). The van der Waals surface area contributed by atoms with Crippen molar-refractivity contribution in [1.82, 2.24) is 10.3 Å². The fourth-order valence-corrected chi connectivity index (χ4v) is 2.45. The lowest BCUT2D eigenvalue weighted by atomic mass is 10.0. The average molecular weight is 250 g/mol. The van der Waals surface area contributed by atoms with E-state index in [0.717, 1.165) is 22.7 Å². The minimum Gasteiger partial charge on any atom is -0.313 e. The first-order valence-electron chi connectivity index (χ1n) is 5.53. The summed E-state index contributed by atoms with van der Waals surface area (Å²) in [5.41, 5.74) is 2.01. The zero-order valence-electron chi connectivity index (χ0n) is 9.90. The lowest BCUT2D eigenvalue weighted by molar-refractivity contribution is 0.572. The molecule has 0 aliphatic carbocycles. The van der Waals surface area contributed by atoms with Gasteiger partial charge in [-0.05, 0) is 31.7 Å². The maximum absolute atomic E-state index is 13.2. The van der Waals surface area contributed by atoms with Gasteiger partial charge >= 0.3 is 0 Å². The lowest BCUT2D eigenvalue weighted by Crippen LogP contribution is -2.19. The summed E-state index contributed by atoms with van der Waals surface area (Å²) in [7, 11) is 1.88. The van der Waals surface area contributed by atoms with Crippen molar-refractivity contribution in [1.29, 1.82) is 0 Å². The Kier molecular flexibility index (Phi) is 3.86. The van der Waals surface area contributed by atoms with Crippen LogP contribution in [0.15, 0.2) is 29.6 Å². The standard InChI is InChI=1S/C13H15FN2S/c1-9-16-12(8-17-9)7-13(15-2)10-4-3-5-11(14)6-10/h3-6,8,13,15H,7H2,1-2H3. The summed E-state index contributed by atoms with van der Waals surface area (Å²) in [6.07, 6.45) is 0.782. The number of hydrogen-bond acceptors (Lipinski definition) is 3. The highest BCUT2D eigenvalue weighted by Gasteiger charge is 2.12. The maximum Gasteiger partial charge on any atom is 0.123 e. The van der Waals surface area contributed by atoms with Crippen LogP contribution in [0.1, 0.15) is 22.3 Å². The van der Waals surface area contributed by atoms with Crippen molar-refractivity contribution >= 4 is 11.3 Å². The van der Waals surface area contributed by atoms with Crippen LogP contribution in [-0.4, -0.2) is 12.0 Å². The minimum absolute atomic E-state index is 0.104. The molecule has 0 saturated heterocycles. The number of likely N-dealkylation sites (N-methyl/N-ethyl adjacent to an activating group) is 1. The first kappa shape index (κ1) is 12.2. The monoisotopic (exact) mass is 250 g/mol. The molecule has 17 heavy (non-hydrogen) atoms. The van der Waals surface area contributed by atoms with E-state index in [0.29, 0.717) is 0 Å². The molecule has 4 heteroatoms. The maximum atomic E-state index is 13.2. The third kappa shape index (κ3) is 3.11. The van der Waals surface area contributed by atoms with Gasteiger partial charge in [0.25, 0.3) is 0 Å². The highest BCUT2D eigenvalue weighted by Crippen LogP contribution is 2.20. The van der Waals surface area contributed by atoms with Gasteiger partial charge in [0.2, 0.25) is 0 Å². The normalized spacial score (nSPS) is 12.6. The van der Waals surface area contributed by atoms with Crippen LogP contribution in [0.2, 0.25) is 0 Å². The van der Waals surface area contributed by atoms with Crippen molar-refractivity contribution in [3.63, 3.8) is 0 Å². The molecule has 90 valence electrons. The Balaban J connectivity index is 2.16. The van der Waals surface area contributed by atoms with Crippen LogP contribution in [-0.2, 0) is 6.42 Å². The van der Waals surface area contributed by atoms with Crippen molar-refractivity contribution in [2.24, 2.45) is 0 Å². The fraction of sp³-hybridized carbons (Fsp3) is 0.308. The smallest absolute Gasteiger partial charge is 0.123 e. The van der Waals surface area contributed by atoms with E-state index in [1.165, 1.54) is 6.07 Å². The van der Waals surface area contributed by atoms with Crippen molar-refractivity contribution in [2.75, 3.05) is 7.05 Å². The molecule has 1 aromatic carbocycles. The number of aryl methyl sites for hydroxylation is 1. The Labute approximate surface area is 105 Å². The van der Waals surface area contributed by atoms with E-state index in [1.807, 2.05) is 20.0 Å². The number of nitrogens with one attached hydrogen (secondary N) is 1. The quantitative estimate of drug-likeness (QED) is 0.902. The number of benzene rings is 1. The molecule has 1 N–H and O–H groups in total. The Morgan fingerprint density at radius 2 is 2.29 bits per heavy atom. The number of aromatic nitrogens is 1. The van der Waals surface area contributed by atoms with Crippen LogP contribution in [0.3, 0.4) is 0 Å². The largest absolute Gasteiger partial charge is 0.313 e. The van der Waals surface area contributed by atoms with Crippen LogP contribution in [0.25, 0.3) is 0 Å². The van der Waals surface area contributed by atoms with Gasteiger partial charge in [-0.1, -0.05) is 12.1 Å². The second-order valence-corrected chi connectivity index (χ2v) is 5.02. The van der Waals surface area contributed by atoms with Crippen LogP contribution in [0, 0.1) is 12.7 Å². The lowest BCUT2D eigenvalue weighted by Gasteiger charge is -2.15. The molecule has 2 nitrogen and oxygen atoms in total. The molecule has 1 aromatic heterocycles. The minimum atomic E-state index is -0.197. The molecule has 0 radical (unpaired) electrons. The fourth-order valence-electron chi connectivity index (χ4n) is 1.82. The van der Waals surface area contributed by atoms with Gasteiger partial charge in [0, 0.05) is 17.8 Å². The number of rotatable bonds is 4. The summed E-state index contributed by atoms with van der Waals surface area (Å²) >= 11 is 1.64. The van der Waals surface area contributed by atoms with E-state index in [1.54, 1.807) is 23.5 Å². The molecule has 0 saturated carbocycles. The molecule has 0 aliphatic rings. The summed E-state index contributed by atoms with van der Waals surface area (Å²) in [5.74, 6) is -0.197. The first-order valence-corrected chi connectivity index (χ1v) is 6.40. The number of halogens is 1. The van der Waals surface area contributed by atoms with Gasteiger partial charge in [-0.15, -0.1) is 11.3 Å². The molecule has 0 spiro atoms. The van der Waals surface area contributed by atoms with E-state index in [9.17, 15) is 4.39 Å². The summed E-state index contributed by atoms with van der Waals surface area (Å²) in [4.78, 5) is 4.43. The third-order valence-electron chi connectivity index (χ3n) is 2.68. The zero-order valence-corrected chi connectivity index (χ0v) is 10.7. The van der Waals surface area contributed by atoms with Gasteiger partial charge in [0.1, 0.15) is 5.82 Å². The number of nitrogens with zero attached hydrogens (tertiary/aromatic N) is 1. The molecule has 1 unspecified atom stereocenters. The van der Waals surface area contributed by atoms with Crippen molar-refractivity contribution in [2.45, 2.75) is 19.4 Å². The van der Waals surface area contributed by atoms with Crippen LogP contribution in [0.5, 0.6) is 0 Å². The van der Waals surface area contributed by atoms with E-state index >= 15 is 0 Å². The Bertz CT molecular complexity index is 496. The van der Waals surface area contributed by atoms with E-state index in [2.05, 4.69) is 15.7 Å². The molecular formula is C13H15FN2S. The number of hydrogen-bond donors (Lipinski definition) is 1. The van der Waals surface area contributed by atoms with Gasteiger partial charge < -0.3 is 5.32 Å². The molecule has 0 aliphatic heterocycles. The SMILES string of the molecule is CNC(Cc1csc(C)n1)c1cccc(F)c1. The highest BCUT2D eigenvalue weighted by atomic mass is 32.1. The second-order valence-electron chi connectivity index (χ2n) is 3.96. The first-order chi connectivity index (χ1) is 8.19. The molecule has 2 aromatic rings. The molecule has 1 heterocycles. The van der Waals surface area contributed by atoms with Crippen LogP contribution < -0.4 is 5.32 Å². The predicted molar refractivity (Wildman–Crippen MR) is 68.8 cm³/mol.